The molecule has 0 aliphatic carbocycles. The van der Waals surface area contributed by atoms with Crippen LogP contribution in [0.3, 0.4) is 0 Å². The molecule has 0 aliphatic heterocycles. The van der Waals surface area contributed by atoms with E-state index in [2.05, 4.69) is 10.4 Å². The normalized spacial score (nSPS) is 10.7. The SMILES string of the molecule is O=C(NCc1ccccc1)c1cc(-c2ccco2)nn1-c1cccc(Cl)c1. The fraction of sp³-hybridized carbons (Fsp3) is 0.0476. The zero-order valence-corrected chi connectivity index (χ0v) is 15.1. The van der Waals surface area contributed by atoms with Gasteiger partial charge < -0.3 is 9.73 Å². The molecule has 5 nitrogen and oxygen atoms in total. The van der Waals surface area contributed by atoms with Gasteiger partial charge in [-0.2, -0.15) is 5.10 Å². The number of amides is 1. The monoisotopic (exact) mass is 377 g/mol. The molecule has 0 saturated carbocycles. The van der Waals surface area contributed by atoms with Crippen LogP contribution in [0.5, 0.6) is 0 Å². The quantitative estimate of drug-likeness (QED) is 0.547. The summed E-state index contributed by atoms with van der Waals surface area (Å²) in [6, 6.07) is 22.2. The zero-order valence-electron chi connectivity index (χ0n) is 14.3. The van der Waals surface area contributed by atoms with Crippen LogP contribution in [0.4, 0.5) is 0 Å². The Bertz CT molecular complexity index is 1060. The number of benzene rings is 2. The highest BCUT2D eigenvalue weighted by Gasteiger charge is 2.18. The minimum Gasteiger partial charge on any atom is -0.463 e. The Morgan fingerprint density at radius 1 is 1.04 bits per heavy atom. The van der Waals surface area contributed by atoms with Crippen LogP contribution < -0.4 is 5.32 Å². The topological polar surface area (TPSA) is 60.1 Å². The van der Waals surface area contributed by atoms with E-state index in [1.54, 1.807) is 41.3 Å². The number of hydrogen-bond donors (Lipinski definition) is 1. The second-order valence-corrected chi connectivity index (χ2v) is 6.39. The predicted octanol–water partition coefficient (Wildman–Crippen LogP) is 4.72. The molecule has 0 radical (unpaired) electrons. The van der Waals surface area contributed by atoms with Gasteiger partial charge in [-0.05, 0) is 35.9 Å². The maximum Gasteiger partial charge on any atom is 0.270 e. The lowest BCUT2D eigenvalue weighted by Gasteiger charge is -2.09. The molecule has 2 heterocycles. The first kappa shape index (κ1) is 17.1. The molecular weight excluding hydrogens is 362 g/mol. The number of rotatable bonds is 5. The van der Waals surface area contributed by atoms with E-state index in [1.165, 1.54) is 0 Å². The van der Waals surface area contributed by atoms with Gasteiger partial charge in [-0.25, -0.2) is 4.68 Å². The molecule has 1 amide bonds. The number of carbonyl (C=O) groups excluding carboxylic acids is 1. The number of carbonyl (C=O) groups is 1. The summed E-state index contributed by atoms with van der Waals surface area (Å²) in [5.41, 5.74) is 2.69. The molecule has 0 aliphatic rings. The van der Waals surface area contributed by atoms with Gasteiger partial charge in [-0.15, -0.1) is 0 Å². The third-order valence-corrected chi connectivity index (χ3v) is 4.30. The van der Waals surface area contributed by atoms with Gasteiger partial charge in [0, 0.05) is 17.6 Å². The largest absolute Gasteiger partial charge is 0.463 e. The molecule has 0 fully saturated rings. The van der Waals surface area contributed by atoms with E-state index in [4.69, 9.17) is 16.0 Å². The third-order valence-electron chi connectivity index (χ3n) is 4.06. The zero-order chi connectivity index (χ0) is 18.6. The van der Waals surface area contributed by atoms with Crippen molar-refractivity contribution < 1.29 is 9.21 Å². The van der Waals surface area contributed by atoms with Crippen molar-refractivity contribution in [2.75, 3.05) is 0 Å². The summed E-state index contributed by atoms with van der Waals surface area (Å²) in [5.74, 6) is 0.358. The van der Waals surface area contributed by atoms with Crippen LogP contribution in [0.1, 0.15) is 16.1 Å². The van der Waals surface area contributed by atoms with Gasteiger partial charge in [-0.1, -0.05) is 48.0 Å². The molecule has 2 aromatic carbocycles. The lowest BCUT2D eigenvalue weighted by Crippen LogP contribution is -2.25. The van der Waals surface area contributed by atoms with Crippen molar-refractivity contribution in [3.63, 3.8) is 0 Å². The number of furan rings is 1. The molecule has 1 N–H and O–H groups in total. The minimum absolute atomic E-state index is 0.232. The van der Waals surface area contributed by atoms with Crippen molar-refractivity contribution in [2.24, 2.45) is 0 Å². The summed E-state index contributed by atoms with van der Waals surface area (Å²) in [6.07, 6.45) is 1.57. The Kier molecular flexibility index (Phi) is 4.77. The van der Waals surface area contributed by atoms with Crippen LogP contribution in [-0.2, 0) is 6.54 Å². The minimum atomic E-state index is -0.232. The highest BCUT2D eigenvalue weighted by molar-refractivity contribution is 6.30. The Hall–Kier alpha value is -3.31. The van der Waals surface area contributed by atoms with E-state index < -0.39 is 0 Å². The first-order chi connectivity index (χ1) is 13.2. The average molecular weight is 378 g/mol. The summed E-state index contributed by atoms with van der Waals surface area (Å²) in [7, 11) is 0. The van der Waals surface area contributed by atoms with E-state index in [-0.39, 0.29) is 5.91 Å². The molecule has 0 bridgehead atoms. The van der Waals surface area contributed by atoms with Crippen molar-refractivity contribution in [1.82, 2.24) is 15.1 Å². The Labute approximate surface area is 161 Å². The van der Waals surface area contributed by atoms with Crippen LogP contribution in [0.15, 0.2) is 83.5 Å². The highest BCUT2D eigenvalue weighted by Crippen LogP contribution is 2.23. The maximum absolute atomic E-state index is 12.8. The van der Waals surface area contributed by atoms with Crippen LogP contribution in [-0.4, -0.2) is 15.7 Å². The third kappa shape index (κ3) is 3.78. The number of nitrogens with one attached hydrogen (secondary N) is 1. The van der Waals surface area contributed by atoms with E-state index in [0.29, 0.717) is 34.4 Å². The Balaban J connectivity index is 1.68. The van der Waals surface area contributed by atoms with Crippen LogP contribution in [0.25, 0.3) is 17.1 Å². The standard InChI is InChI=1S/C21H16ClN3O2/c22-16-8-4-9-17(12-16)25-19(13-18(24-25)20-10-5-11-27-20)21(26)23-14-15-6-2-1-3-7-15/h1-13H,14H2,(H,23,26). The number of nitrogens with zero attached hydrogens (tertiary/aromatic N) is 2. The molecule has 6 heteroatoms. The van der Waals surface area contributed by atoms with Gasteiger partial charge in [0.1, 0.15) is 11.4 Å². The molecule has 134 valence electrons. The van der Waals surface area contributed by atoms with Crippen LogP contribution in [0.2, 0.25) is 5.02 Å². The summed E-state index contributed by atoms with van der Waals surface area (Å²) in [5, 5.41) is 8.05. The van der Waals surface area contributed by atoms with E-state index in [1.807, 2.05) is 42.5 Å². The predicted molar refractivity (Wildman–Crippen MR) is 104 cm³/mol. The summed E-state index contributed by atoms with van der Waals surface area (Å²) in [4.78, 5) is 12.8. The molecule has 0 atom stereocenters. The highest BCUT2D eigenvalue weighted by atomic mass is 35.5. The molecule has 4 rings (SSSR count). The number of hydrogen-bond acceptors (Lipinski definition) is 3. The van der Waals surface area contributed by atoms with Crippen molar-refractivity contribution >= 4 is 17.5 Å². The first-order valence-corrected chi connectivity index (χ1v) is 8.80. The fourth-order valence-corrected chi connectivity index (χ4v) is 2.95. The van der Waals surface area contributed by atoms with Crippen LogP contribution in [0, 0.1) is 0 Å². The lowest BCUT2D eigenvalue weighted by molar-refractivity contribution is 0.0943. The first-order valence-electron chi connectivity index (χ1n) is 8.43. The average Bonchev–Trinajstić information content (AvgIpc) is 3.36. The van der Waals surface area contributed by atoms with Gasteiger partial charge >= 0.3 is 0 Å². The van der Waals surface area contributed by atoms with E-state index >= 15 is 0 Å². The molecule has 4 aromatic rings. The Morgan fingerprint density at radius 2 is 1.89 bits per heavy atom. The lowest BCUT2D eigenvalue weighted by atomic mass is 10.2. The molecule has 0 unspecified atom stereocenters. The van der Waals surface area contributed by atoms with Gasteiger partial charge in [0.2, 0.25) is 0 Å². The van der Waals surface area contributed by atoms with Crippen molar-refractivity contribution in [3.05, 3.63) is 95.3 Å². The molecule has 27 heavy (non-hydrogen) atoms. The van der Waals surface area contributed by atoms with Crippen molar-refractivity contribution in [1.29, 1.82) is 0 Å². The Morgan fingerprint density at radius 3 is 2.63 bits per heavy atom. The van der Waals surface area contributed by atoms with Crippen molar-refractivity contribution in [2.45, 2.75) is 6.54 Å². The maximum atomic E-state index is 12.8. The molecule has 2 aromatic heterocycles. The summed E-state index contributed by atoms with van der Waals surface area (Å²) >= 11 is 6.11. The van der Waals surface area contributed by atoms with Crippen molar-refractivity contribution in [3.8, 4) is 17.1 Å². The van der Waals surface area contributed by atoms with Gasteiger partial charge in [-0.3, -0.25) is 4.79 Å². The van der Waals surface area contributed by atoms with Gasteiger partial charge in [0.25, 0.3) is 5.91 Å². The smallest absolute Gasteiger partial charge is 0.270 e. The molecular formula is C21H16ClN3O2. The van der Waals surface area contributed by atoms with Gasteiger partial charge in [0.05, 0.1) is 12.0 Å². The van der Waals surface area contributed by atoms with E-state index in [9.17, 15) is 4.79 Å². The summed E-state index contributed by atoms with van der Waals surface area (Å²) < 4.78 is 7.00. The molecule has 0 spiro atoms. The summed E-state index contributed by atoms with van der Waals surface area (Å²) in [6.45, 7) is 0.427. The van der Waals surface area contributed by atoms with E-state index in [0.717, 1.165) is 5.56 Å². The van der Waals surface area contributed by atoms with Crippen LogP contribution >= 0.6 is 11.6 Å². The number of aromatic nitrogens is 2. The van der Waals surface area contributed by atoms with Gasteiger partial charge in [0.15, 0.2) is 5.76 Å². The number of halogens is 1. The second kappa shape index (κ2) is 7.51. The second-order valence-electron chi connectivity index (χ2n) is 5.95. The molecule has 0 saturated heterocycles. The fourth-order valence-electron chi connectivity index (χ4n) is 2.76.